The molecule has 0 fully saturated rings. The second kappa shape index (κ2) is 16.1. The van der Waals surface area contributed by atoms with Crippen molar-refractivity contribution in [1.29, 1.82) is 0 Å². The van der Waals surface area contributed by atoms with E-state index in [0.29, 0.717) is 0 Å². The number of benzene rings is 5. The highest BCUT2D eigenvalue weighted by atomic mass is 32.2. The molecule has 5 aromatic rings. The quantitative estimate of drug-likeness (QED) is 0.118. The Kier molecular flexibility index (Phi) is 10.6. The molecule has 4 aliphatic rings. The Labute approximate surface area is 360 Å². The summed E-state index contributed by atoms with van der Waals surface area (Å²) < 4.78 is 2.14. The highest BCUT2D eigenvalue weighted by Crippen LogP contribution is 2.66. The molecule has 2 unspecified atom stereocenters. The van der Waals surface area contributed by atoms with Gasteiger partial charge >= 0.3 is 23.9 Å². The number of carbonyl (C=O) groups is 4. The van der Waals surface area contributed by atoms with Gasteiger partial charge in [-0.05, 0) is 93.1 Å². The van der Waals surface area contributed by atoms with Gasteiger partial charge in [0.2, 0.25) is 0 Å². The first kappa shape index (κ1) is 39.3. The van der Waals surface area contributed by atoms with Gasteiger partial charge in [-0.2, -0.15) is 0 Å². The van der Waals surface area contributed by atoms with E-state index in [1.165, 1.54) is 0 Å². The van der Waals surface area contributed by atoms with Gasteiger partial charge in [-0.25, -0.2) is 19.2 Å². The molecule has 8 nitrogen and oxygen atoms in total. The molecule has 0 aromatic heterocycles. The normalized spacial score (nSPS) is 18.2. The molecule has 0 radical (unpaired) electrons. The number of carboxylic acids is 4. The molecule has 0 spiro atoms. The molecule has 12 heteroatoms. The monoisotopic (exact) mass is 862 g/mol. The van der Waals surface area contributed by atoms with Gasteiger partial charge < -0.3 is 20.4 Å². The first-order valence-corrected chi connectivity index (χ1v) is 21.8. The summed E-state index contributed by atoms with van der Waals surface area (Å²) in [7, 11) is 0. The minimum absolute atomic E-state index is 0.0647. The zero-order valence-corrected chi connectivity index (χ0v) is 34.3. The van der Waals surface area contributed by atoms with Crippen molar-refractivity contribution in [2.75, 3.05) is 0 Å². The molecule has 9 rings (SSSR count). The van der Waals surface area contributed by atoms with Crippen LogP contribution >= 0.6 is 47.0 Å². The largest absolute Gasteiger partial charge is 0.478 e. The third-order valence-electron chi connectivity index (χ3n) is 10.5. The number of hydrogen-bond donors (Lipinski definition) is 4. The van der Waals surface area contributed by atoms with Crippen LogP contribution in [0.2, 0.25) is 0 Å². The highest BCUT2D eigenvalue weighted by molar-refractivity contribution is 8.35. The molecular weight excluding hydrogens is 833 g/mol. The minimum Gasteiger partial charge on any atom is -0.478 e. The number of aromatic carboxylic acids is 4. The van der Waals surface area contributed by atoms with Crippen LogP contribution in [0.15, 0.2) is 154 Å². The van der Waals surface area contributed by atoms with Crippen molar-refractivity contribution in [3.63, 3.8) is 0 Å². The van der Waals surface area contributed by atoms with E-state index in [4.69, 9.17) is 0 Å². The van der Waals surface area contributed by atoms with Gasteiger partial charge in [-0.15, -0.1) is 0 Å². The van der Waals surface area contributed by atoms with Crippen LogP contribution in [0, 0.1) is 11.8 Å². The van der Waals surface area contributed by atoms with Gasteiger partial charge in [0.05, 0.1) is 30.7 Å². The lowest BCUT2D eigenvalue weighted by molar-refractivity contribution is 0.0686. The number of carboxylic acid groups (broad SMARTS) is 4. The number of thioether (sulfide) groups is 4. The third kappa shape index (κ3) is 7.26. The van der Waals surface area contributed by atoms with Crippen LogP contribution in [0.5, 0.6) is 0 Å². The summed E-state index contributed by atoms with van der Waals surface area (Å²) in [5.41, 5.74) is 8.60. The molecule has 60 heavy (non-hydrogen) atoms. The first-order chi connectivity index (χ1) is 29.0. The first-order valence-electron chi connectivity index (χ1n) is 18.5. The van der Waals surface area contributed by atoms with E-state index in [0.717, 1.165) is 72.6 Å². The topological polar surface area (TPSA) is 149 Å². The molecule has 4 N–H and O–H groups in total. The van der Waals surface area contributed by atoms with Crippen molar-refractivity contribution < 1.29 is 39.6 Å². The number of fused-ring (bicyclic) bond motifs is 2. The summed E-state index contributed by atoms with van der Waals surface area (Å²) in [5.74, 6) is -4.17. The average molecular weight is 863 g/mol. The van der Waals surface area contributed by atoms with Crippen LogP contribution < -0.4 is 0 Å². The van der Waals surface area contributed by atoms with Gasteiger partial charge in [0.15, 0.2) is 0 Å². The lowest BCUT2D eigenvalue weighted by Gasteiger charge is -2.37. The molecule has 0 bridgehead atoms. The predicted molar refractivity (Wildman–Crippen MR) is 243 cm³/mol. The zero-order chi connectivity index (χ0) is 41.7. The van der Waals surface area contributed by atoms with Crippen molar-refractivity contribution >= 4 is 102 Å². The average Bonchev–Trinajstić information content (AvgIpc) is 3.91. The van der Waals surface area contributed by atoms with Crippen LogP contribution in [-0.2, 0) is 0 Å². The lowest BCUT2D eigenvalue weighted by Crippen LogP contribution is -2.23. The van der Waals surface area contributed by atoms with Crippen molar-refractivity contribution in [2.45, 2.75) is 0 Å². The summed E-state index contributed by atoms with van der Waals surface area (Å²) >= 11 is 6.54. The van der Waals surface area contributed by atoms with Crippen molar-refractivity contribution in [3.05, 3.63) is 210 Å². The van der Waals surface area contributed by atoms with Gasteiger partial charge in [0.1, 0.15) is 0 Å². The van der Waals surface area contributed by atoms with Crippen LogP contribution in [0.1, 0.15) is 74.8 Å². The molecule has 0 saturated carbocycles. The van der Waals surface area contributed by atoms with E-state index in [9.17, 15) is 39.6 Å². The second-order valence-corrected chi connectivity index (χ2v) is 18.6. The van der Waals surface area contributed by atoms with E-state index in [2.05, 4.69) is 36.4 Å². The van der Waals surface area contributed by atoms with Gasteiger partial charge in [-0.3, -0.25) is 0 Å². The smallest absolute Gasteiger partial charge is 0.335 e. The van der Waals surface area contributed by atoms with Gasteiger partial charge in [0, 0.05) is 31.5 Å². The number of allylic oxidation sites excluding steroid dienone is 6. The Morgan fingerprint density at radius 2 is 0.617 bits per heavy atom. The Morgan fingerprint density at radius 1 is 0.367 bits per heavy atom. The second-order valence-electron chi connectivity index (χ2n) is 14.0. The predicted octanol–water partition coefficient (Wildman–Crippen LogP) is 12.2. The van der Waals surface area contributed by atoms with Crippen LogP contribution in [-0.4, -0.2) is 44.3 Å². The molecule has 5 aromatic carbocycles. The van der Waals surface area contributed by atoms with E-state index in [-0.39, 0.29) is 34.1 Å². The minimum atomic E-state index is -1.01. The molecule has 0 saturated heterocycles. The molecule has 0 amide bonds. The number of rotatable bonds is 8. The van der Waals surface area contributed by atoms with Gasteiger partial charge in [0.25, 0.3) is 0 Å². The van der Waals surface area contributed by atoms with Crippen molar-refractivity contribution in [2.24, 2.45) is 11.8 Å². The van der Waals surface area contributed by atoms with E-state index in [1.54, 1.807) is 95.6 Å². The van der Waals surface area contributed by atoms with Gasteiger partial charge in [-0.1, -0.05) is 144 Å². The van der Waals surface area contributed by atoms with E-state index < -0.39 is 23.9 Å². The Morgan fingerprint density at radius 3 is 0.850 bits per heavy atom. The summed E-state index contributed by atoms with van der Waals surface area (Å²) in [5, 5.41) is 38.5. The molecule has 294 valence electrons. The maximum atomic E-state index is 11.7. The SMILES string of the molecule is O=C(O)c1ccc(C2=C(c3ccc(C(=O)O)cc3)SC(=C3c4ccccc4C(=C4SC(c5ccc(C(=O)O)cc5)=C(c5ccc(C(=O)O)cc5)S4)C4C=CC=CC34)S2)cc1. The molecule has 2 atom stereocenters. The maximum Gasteiger partial charge on any atom is 0.335 e. The fraction of sp³-hybridized carbons (Fsp3) is 0.0417. The molecule has 2 aliphatic carbocycles. The van der Waals surface area contributed by atoms with Crippen LogP contribution in [0.3, 0.4) is 0 Å². The fourth-order valence-electron chi connectivity index (χ4n) is 7.60. The van der Waals surface area contributed by atoms with Crippen LogP contribution in [0.25, 0.3) is 30.8 Å². The van der Waals surface area contributed by atoms with E-state index in [1.807, 2.05) is 60.7 Å². The maximum absolute atomic E-state index is 11.7. The Bertz CT molecular complexity index is 2510. The lowest BCUT2D eigenvalue weighted by atomic mass is 9.69. The van der Waals surface area contributed by atoms with Crippen molar-refractivity contribution in [3.8, 4) is 0 Å². The highest BCUT2D eigenvalue weighted by Gasteiger charge is 2.41. The van der Waals surface area contributed by atoms with E-state index >= 15 is 0 Å². The zero-order valence-electron chi connectivity index (χ0n) is 31.1. The summed E-state index contributed by atoms with van der Waals surface area (Å²) in [6, 6.07) is 35.7. The van der Waals surface area contributed by atoms with Crippen molar-refractivity contribution in [1.82, 2.24) is 0 Å². The summed E-state index contributed by atoms with van der Waals surface area (Å²) in [6.45, 7) is 0. The number of hydrogen-bond acceptors (Lipinski definition) is 8. The Hall–Kier alpha value is -6.18. The molecule has 2 aliphatic heterocycles. The Balaban J connectivity index is 1.18. The fourth-order valence-corrected chi connectivity index (χ4v) is 13.5. The third-order valence-corrected chi connectivity index (χ3v) is 16.0. The summed E-state index contributed by atoms with van der Waals surface area (Å²) in [4.78, 5) is 50.8. The van der Waals surface area contributed by atoms with Crippen LogP contribution in [0.4, 0.5) is 0 Å². The molecular formula is C48H30O8S4. The standard InChI is InChI=1S/C48H30O8S4/c49-43(50)29-17-9-25(10-18-29)39-40(26-11-19-30(20-12-26)44(51)52)58-47(57-39)37-33-5-1-2-6-34(33)38(36-8-4-3-7-35(36)37)48-59-41(27-13-21-31(22-14-27)45(53)54)42(60-48)28-15-23-32(24-16-28)46(55)56/h1-24,33-34H,(H,49,50)(H,51,52)(H,53,54)(H,55,56). The molecule has 2 heterocycles. The summed E-state index contributed by atoms with van der Waals surface area (Å²) in [6.07, 6.45) is 8.62.